The van der Waals surface area contributed by atoms with Crippen molar-refractivity contribution in [2.75, 3.05) is 30.8 Å². The minimum Gasteiger partial charge on any atom is -0.491 e. The largest absolute Gasteiger partial charge is 0.491 e. The molecule has 0 radical (unpaired) electrons. The highest BCUT2D eigenvalue weighted by Crippen LogP contribution is 2.20. The van der Waals surface area contributed by atoms with Crippen LogP contribution < -0.4 is 15.4 Å². The van der Waals surface area contributed by atoms with Crippen molar-refractivity contribution in [3.05, 3.63) is 54.3 Å². The van der Waals surface area contributed by atoms with Gasteiger partial charge in [-0.15, -0.1) is 0 Å². The summed E-state index contributed by atoms with van der Waals surface area (Å²) in [6.45, 7) is 1.37. The molecule has 2 rings (SSSR count). The lowest BCUT2D eigenvalue weighted by Crippen LogP contribution is -2.20. The van der Waals surface area contributed by atoms with Crippen LogP contribution in [0.3, 0.4) is 0 Å². The molecule has 2 aromatic rings. The summed E-state index contributed by atoms with van der Waals surface area (Å²) in [4.78, 5) is 2.00. The van der Waals surface area contributed by atoms with Gasteiger partial charge in [0, 0.05) is 19.3 Å². The summed E-state index contributed by atoms with van der Waals surface area (Å²) in [7, 11) is 1.94. The van der Waals surface area contributed by atoms with E-state index in [0.717, 1.165) is 18.7 Å². The molecule has 0 unspecified atom stereocenters. The average molecular weight is 274 g/mol. The fourth-order valence-corrected chi connectivity index (χ4v) is 1.94. The first-order chi connectivity index (χ1) is 9.66. The lowest BCUT2D eigenvalue weighted by atomic mass is 10.2. The van der Waals surface area contributed by atoms with E-state index in [1.54, 1.807) is 6.07 Å². The van der Waals surface area contributed by atoms with Crippen LogP contribution in [0.1, 0.15) is 6.42 Å². The van der Waals surface area contributed by atoms with Gasteiger partial charge in [-0.25, -0.2) is 4.39 Å². The number of anilines is 2. The maximum Gasteiger partial charge on any atom is 0.142 e. The summed E-state index contributed by atoms with van der Waals surface area (Å²) in [5.74, 6) is 0.489. The molecule has 0 fully saturated rings. The lowest BCUT2D eigenvalue weighted by Gasteiger charge is -2.19. The molecule has 3 nitrogen and oxygen atoms in total. The van der Waals surface area contributed by atoms with Crippen molar-refractivity contribution in [2.24, 2.45) is 0 Å². The number of benzene rings is 2. The Morgan fingerprint density at radius 1 is 1.15 bits per heavy atom. The van der Waals surface area contributed by atoms with E-state index in [2.05, 4.69) is 0 Å². The van der Waals surface area contributed by atoms with E-state index < -0.39 is 0 Å². The number of hydrogen-bond donors (Lipinski definition) is 1. The minimum absolute atomic E-state index is 0.220. The van der Waals surface area contributed by atoms with Crippen LogP contribution in [0, 0.1) is 5.82 Å². The molecule has 0 amide bonds. The van der Waals surface area contributed by atoms with Crippen LogP contribution >= 0.6 is 0 Å². The molecular formula is C16H19FN2O. The second-order valence-electron chi connectivity index (χ2n) is 4.64. The molecule has 0 aliphatic rings. The number of halogens is 1. The Morgan fingerprint density at radius 3 is 2.70 bits per heavy atom. The summed E-state index contributed by atoms with van der Waals surface area (Å²) >= 11 is 0. The Kier molecular flexibility index (Phi) is 4.82. The Hall–Kier alpha value is -2.23. The van der Waals surface area contributed by atoms with Gasteiger partial charge < -0.3 is 15.4 Å². The van der Waals surface area contributed by atoms with Gasteiger partial charge in [0.1, 0.15) is 11.6 Å². The molecule has 0 aromatic heterocycles. The highest BCUT2D eigenvalue weighted by atomic mass is 19.1. The number of hydrogen-bond acceptors (Lipinski definition) is 3. The molecule has 4 heteroatoms. The molecule has 0 bridgehead atoms. The van der Waals surface area contributed by atoms with Crippen molar-refractivity contribution in [1.82, 2.24) is 0 Å². The van der Waals surface area contributed by atoms with Gasteiger partial charge in [-0.2, -0.15) is 0 Å². The fourth-order valence-electron chi connectivity index (χ4n) is 1.94. The summed E-state index contributed by atoms with van der Waals surface area (Å²) in [5, 5.41) is 0. The first kappa shape index (κ1) is 14.2. The predicted molar refractivity (Wildman–Crippen MR) is 80.6 cm³/mol. The molecule has 0 spiro atoms. The number of para-hydroxylation sites is 2. The molecule has 0 saturated carbocycles. The van der Waals surface area contributed by atoms with Gasteiger partial charge in [0.25, 0.3) is 0 Å². The fraction of sp³-hybridized carbons (Fsp3) is 0.250. The smallest absolute Gasteiger partial charge is 0.142 e. The van der Waals surface area contributed by atoms with Crippen LogP contribution in [-0.2, 0) is 0 Å². The maximum absolute atomic E-state index is 13.1. The zero-order valence-electron chi connectivity index (χ0n) is 11.6. The lowest BCUT2D eigenvalue weighted by molar-refractivity contribution is 0.314. The van der Waals surface area contributed by atoms with E-state index in [0.29, 0.717) is 18.0 Å². The number of nitrogens with two attached hydrogens (primary N) is 1. The van der Waals surface area contributed by atoms with Gasteiger partial charge >= 0.3 is 0 Å². The first-order valence-electron chi connectivity index (χ1n) is 6.61. The Bertz CT molecular complexity index is 560. The van der Waals surface area contributed by atoms with E-state index >= 15 is 0 Å². The van der Waals surface area contributed by atoms with Crippen LogP contribution in [0.2, 0.25) is 0 Å². The monoisotopic (exact) mass is 274 g/mol. The molecule has 0 heterocycles. The topological polar surface area (TPSA) is 38.5 Å². The number of rotatable bonds is 6. The molecular weight excluding hydrogens is 255 g/mol. The Balaban J connectivity index is 1.77. The van der Waals surface area contributed by atoms with E-state index in [4.69, 9.17) is 10.5 Å². The van der Waals surface area contributed by atoms with E-state index in [9.17, 15) is 4.39 Å². The summed E-state index contributed by atoms with van der Waals surface area (Å²) < 4.78 is 18.7. The zero-order chi connectivity index (χ0) is 14.4. The molecule has 2 N–H and O–H groups in total. The third kappa shape index (κ3) is 3.88. The standard InChI is InChI=1S/C16H19FN2O/c1-19(14-7-4-6-13(17)12-14)10-5-11-20-16-9-3-2-8-15(16)18/h2-4,6-9,12H,5,10-11,18H2,1H3. The summed E-state index contributed by atoms with van der Waals surface area (Å²) in [6, 6.07) is 14.0. The van der Waals surface area contributed by atoms with Crippen molar-refractivity contribution in [2.45, 2.75) is 6.42 Å². The van der Waals surface area contributed by atoms with Crippen molar-refractivity contribution in [1.29, 1.82) is 0 Å². The zero-order valence-corrected chi connectivity index (χ0v) is 11.6. The van der Waals surface area contributed by atoms with Gasteiger partial charge in [-0.1, -0.05) is 18.2 Å². The normalized spacial score (nSPS) is 10.3. The molecule has 2 aromatic carbocycles. The van der Waals surface area contributed by atoms with E-state index in [1.165, 1.54) is 12.1 Å². The van der Waals surface area contributed by atoms with Gasteiger partial charge in [0.15, 0.2) is 0 Å². The second kappa shape index (κ2) is 6.80. The number of ether oxygens (including phenoxy) is 1. The van der Waals surface area contributed by atoms with Crippen molar-refractivity contribution >= 4 is 11.4 Å². The minimum atomic E-state index is -0.220. The van der Waals surface area contributed by atoms with Crippen LogP contribution in [0.5, 0.6) is 5.75 Å². The van der Waals surface area contributed by atoms with E-state index in [1.807, 2.05) is 42.3 Å². The van der Waals surface area contributed by atoms with Crippen LogP contribution in [0.25, 0.3) is 0 Å². The van der Waals surface area contributed by atoms with Crippen molar-refractivity contribution < 1.29 is 9.13 Å². The van der Waals surface area contributed by atoms with Crippen LogP contribution in [0.15, 0.2) is 48.5 Å². The summed E-state index contributed by atoms with van der Waals surface area (Å²) in [6.07, 6.45) is 0.835. The Labute approximate surface area is 118 Å². The number of nitrogen functional groups attached to an aromatic ring is 1. The highest BCUT2D eigenvalue weighted by molar-refractivity contribution is 5.51. The van der Waals surface area contributed by atoms with E-state index in [-0.39, 0.29) is 5.82 Å². The molecule has 106 valence electrons. The second-order valence-corrected chi connectivity index (χ2v) is 4.64. The van der Waals surface area contributed by atoms with Crippen LogP contribution in [0.4, 0.5) is 15.8 Å². The van der Waals surface area contributed by atoms with Crippen LogP contribution in [-0.4, -0.2) is 20.2 Å². The summed E-state index contributed by atoms with van der Waals surface area (Å²) in [5.41, 5.74) is 7.30. The molecule has 0 aliphatic carbocycles. The SMILES string of the molecule is CN(CCCOc1ccccc1N)c1cccc(F)c1. The first-order valence-corrected chi connectivity index (χ1v) is 6.61. The molecule has 0 aliphatic heterocycles. The third-order valence-electron chi connectivity index (χ3n) is 3.06. The Morgan fingerprint density at radius 2 is 1.95 bits per heavy atom. The van der Waals surface area contributed by atoms with Gasteiger partial charge in [-0.3, -0.25) is 0 Å². The van der Waals surface area contributed by atoms with Crippen molar-refractivity contribution in [3.63, 3.8) is 0 Å². The van der Waals surface area contributed by atoms with Gasteiger partial charge in [-0.05, 0) is 36.8 Å². The average Bonchev–Trinajstić information content (AvgIpc) is 2.45. The van der Waals surface area contributed by atoms with Gasteiger partial charge in [0.2, 0.25) is 0 Å². The van der Waals surface area contributed by atoms with Crippen molar-refractivity contribution in [3.8, 4) is 5.75 Å². The quantitative estimate of drug-likeness (QED) is 0.648. The number of nitrogens with zero attached hydrogens (tertiary/aromatic N) is 1. The highest BCUT2D eigenvalue weighted by Gasteiger charge is 2.03. The molecule has 0 saturated heterocycles. The third-order valence-corrected chi connectivity index (χ3v) is 3.06. The molecule has 20 heavy (non-hydrogen) atoms. The molecule has 0 atom stereocenters. The predicted octanol–water partition coefficient (Wildman–Crippen LogP) is 3.31. The van der Waals surface area contributed by atoms with Gasteiger partial charge in [0.05, 0.1) is 12.3 Å². The maximum atomic E-state index is 13.1.